The number of ether oxygens (including phenoxy) is 1. The van der Waals surface area contributed by atoms with Crippen molar-refractivity contribution < 1.29 is 4.74 Å². The van der Waals surface area contributed by atoms with Gasteiger partial charge in [-0.05, 0) is 104 Å². The van der Waals surface area contributed by atoms with Crippen LogP contribution in [0.1, 0.15) is 47.2 Å². The highest BCUT2D eigenvalue weighted by molar-refractivity contribution is 5.94. The summed E-state index contributed by atoms with van der Waals surface area (Å²) in [7, 11) is 0. The minimum Gasteiger partial charge on any atom is -0.457 e. The maximum atomic E-state index is 6.77. The van der Waals surface area contributed by atoms with Crippen molar-refractivity contribution in [2.75, 3.05) is 4.90 Å². The molecule has 2 nitrogen and oxygen atoms in total. The molecule has 0 amide bonds. The highest BCUT2D eigenvalue weighted by atomic mass is 16.5. The van der Waals surface area contributed by atoms with Gasteiger partial charge >= 0.3 is 0 Å². The van der Waals surface area contributed by atoms with Crippen LogP contribution in [0.4, 0.5) is 17.1 Å². The van der Waals surface area contributed by atoms with E-state index in [-0.39, 0.29) is 5.41 Å². The zero-order valence-electron chi connectivity index (χ0n) is 30.3. The molecule has 0 fully saturated rings. The first-order valence-electron chi connectivity index (χ1n) is 18.8. The van der Waals surface area contributed by atoms with E-state index in [2.05, 4.69) is 207 Å². The molecule has 3 aliphatic rings. The average Bonchev–Trinajstić information content (AvgIpc) is 3.46. The molecule has 0 unspecified atom stereocenters. The SMILES string of the molecule is CC1(C)c2ccccc2-c2ccc(N3c4ccc(-c5ccccc5)cc4C4(c5ccccc5Oc5ccccc54)c4cc(-c5ccccc5)ccc43)cc21. The van der Waals surface area contributed by atoms with Gasteiger partial charge in [-0.25, -0.2) is 0 Å². The summed E-state index contributed by atoms with van der Waals surface area (Å²) in [6.45, 7) is 4.73. The highest BCUT2D eigenvalue weighted by Crippen LogP contribution is 2.64. The Kier molecular flexibility index (Phi) is 6.55. The molecule has 0 atom stereocenters. The quantitative estimate of drug-likeness (QED) is 0.183. The fraction of sp³-hybridized carbons (Fsp3) is 0.0769. The second-order valence-corrected chi connectivity index (χ2v) is 15.3. The molecule has 0 radical (unpaired) electrons. The molecule has 54 heavy (non-hydrogen) atoms. The van der Waals surface area contributed by atoms with Gasteiger partial charge in [-0.15, -0.1) is 0 Å². The lowest BCUT2D eigenvalue weighted by Crippen LogP contribution is -2.39. The number of anilines is 3. The molecule has 0 N–H and O–H groups in total. The largest absolute Gasteiger partial charge is 0.457 e. The van der Waals surface area contributed by atoms with Crippen LogP contribution in [0, 0.1) is 0 Å². The molecule has 1 aliphatic carbocycles. The minimum absolute atomic E-state index is 0.127. The van der Waals surface area contributed by atoms with Gasteiger partial charge in [0.05, 0.1) is 16.8 Å². The molecule has 2 heteroatoms. The summed E-state index contributed by atoms with van der Waals surface area (Å²) in [6, 6.07) is 69.0. The van der Waals surface area contributed by atoms with Crippen molar-refractivity contribution >= 4 is 17.1 Å². The van der Waals surface area contributed by atoms with E-state index in [1.165, 1.54) is 55.6 Å². The molecule has 0 aromatic heterocycles. The molecule has 8 aromatic rings. The lowest BCUT2D eigenvalue weighted by atomic mass is 9.60. The molecule has 11 rings (SSSR count). The van der Waals surface area contributed by atoms with Crippen molar-refractivity contribution in [2.45, 2.75) is 24.7 Å². The lowest BCUT2D eigenvalue weighted by molar-refractivity contribution is 0.434. The molecule has 2 heterocycles. The fourth-order valence-electron chi connectivity index (χ4n) is 9.64. The predicted molar refractivity (Wildman–Crippen MR) is 222 cm³/mol. The monoisotopic (exact) mass is 691 g/mol. The zero-order chi connectivity index (χ0) is 36.0. The van der Waals surface area contributed by atoms with E-state index < -0.39 is 5.41 Å². The number of hydrogen-bond donors (Lipinski definition) is 0. The maximum absolute atomic E-state index is 6.77. The number of para-hydroxylation sites is 2. The van der Waals surface area contributed by atoms with Crippen LogP contribution < -0.4 is 9.64 Å². The van der Waals surface area contributed by atoms with E-state index >= 15 is 0 Å². The van der Waals surface area contributed by atoms with E-state index in [1.54, 1.807) is 0 Å². The Bertz CT molecular complexity index is 2640. The maximum Gasteiger partial charge on any atom is 0.132 e. The Labute approximate surface area is 316 Å². The van der Waals surface area contributed by atoms with Crippen LogP contribution in [0.5, 0.6) is 11.5 Å². The number of fused-ring (bicyclic) bond motifs is 11. The van der Waals surface area contributed by atoms with E-state index in [9.17, 15) is 0 Å². The van der Waals surface area contributed by atoms with Gasteiger partial charge in [-0.3, -0.25) is 0 Å². The van der Waals surface area contributed by atoms with Crippen molar-refractivity contribution in [2.24, 2.45) is 0 Å². The summed E-state index contributed by atoms with van der Waals surface area (Å²) in [5.41, 5.74) is 17.6. The fourth-order valence-corrected chi connectivity index (χ4v) is 9.64. The Balaban J connectivity index is 1.26. The first-order valence-corrected chi connectivity index (χ1v) is 18.8. The van der Waals surface area contributed by atoms with Crippen molar-refractivity contribution in [1.29, 1.82) is 0 Å². The van der Waals surface area contributed by atoms with Crippen LogP contribution in [0.3, 0.4) is 0 Å². The Morgan fingerprint density at radius 1 is 0.370 bits per heavy atom. The molecule has 2 aliphatic heterocycles. The molecule has 0 bridgehead atoms. The number of benzene rings is 8. The predicted octanol–water partition coefficient (Wildman–Crippen LogP) is 13.6. The van der Waals surface area contributed by atoms with Crippen LogP contribution in [0.2, 0.25) is 0 Å². The van der Waals surface area contributed by atoms with Crippen LogP contribution in [0.25, 0.3) is 33.4 Å². The van der Waals surface area contributed by atoms with Crippen LogP contribution in [-0.2, 0) is 10.8 Å². The smallest absolute Gasteiger partial charge is 0.132 e. The molecule has 8 aromatic carbocycles. The summed E-state index contributed by atoms with van der Waals surface area (Å²) in [4.78, 5) is 2.51. The van der Waals surface area contributed by atoms with Gasteiger partial charge in [-0.2, -0.15) is 0 Å². The van der Waals surface area contributed by atoms with Crippen molar-refractivity contribution in [3.63, 3.8) is 0 Å². The third-order valence-electron chi connectivity index (χ3n) is 12.1. The second kappa shape index (κ2) is 11.4. The van der Waals surface area contributed by atoms with Crippen LogP contribution in [0.15, 0.2) is 188 Å². The molecule has 256 valence electrons. The number of rotatable bonds is 3. The summed E-state index contributed by atoms with van der Waals surface area (Å²) in [5.74, 6) is 1.77. The van der Waals surface area contributed by atoms with Gasteiger partial charge in [0.2, 0.25) is 0 Å². The number of nitrogens with zero attached hydrogens (tertiary/aromatic N) is 1. The van der Waals surface area contributed by atoms with Gasteiger partial charge in [0.15, 0.2) is 0 Å². The first kappa shape index (κ1) is 30.9. The van der Waals surface area contributed by atoms with E-state index in [0.717, 1.165) is 39.7 Å². The van der Waals surface area contributed by atoms with Crippen LogP contribution in [-0.4, -0.2) is 0 Å². The number of hydrogen-bond acceptors (Lipinski definition) is 2. The topological polar surface area (TPSA) is 12.5 Å². The Morgan fingerprint density at radius 3 is 1.43 bits per heavy atom. The van der Waals surface area contributed by atoms with Gasteiger partial charge in [0.1, 0.15) is 11.5 Å². The third kappa shape index (κ3) is 4.22. The third-order valence-corrected chi connectivity index (χ3v) is 12.1. The molecule has 0 saturated heterocycles. The average molecular weight is 692 g/mol. The van der Waals surface area contributed by atoms with Crippen LogP contribution >= 0.6 is 0 Å². The van der Waals surface area contributed by atoms with Gasteiger partial charge in [0.25, 0.3) is 0 Å². The zero-order valence-corrected chi connectivity index (χ0v) is 30.3. The van der Waals surface area contributed by atoms with Crippen molar-refractivity contribution in [3.05, 3.63) is 221 Å². The van der Waals surface area contributed by atoms with Gasteiger partial charge in [0, 0.05) is 22.2 Å². The molecule has 0 saturated carbocycles. The molecular formula is C52H37NO. The highest BCUT2D eigenvalue weighted by Gasteiger charge is 2.51. The molecule has 1 spiro atoms. The van der Waals surface area contributed by atoms with Crippen molar-refractivity contribution in [3.8, 4) is 44.9 Å². The standard InChI is InChI=1S/C52H37NO/c1-51(2)41-20-10-9-19-39(41)40-28-27-38(33-44(40)51)53-47-29-25-36(34-15-5-3-6-16-34)31-45(47)52(46-32-37(26-30-48(46)53)35-17-7-4-8-18-35)42-21-11-13-23-49(42)54-50-24-14-12-22-43(50)52/h3-33H,1-2H3. The van der Waals surface area contributed by atoms with E-state index in [0.29, 0.717) is 0 Å². The minimum atomic E-state index is -0.672. The van der Waals surface area contributed by atoms with Gasteiger partial charge < -0.3 is 9.64 Å². The van der Waals surface area contributed by atoms with E-state index in [4.69, 9.17) is 4.74 Å². The summed E-state index contributed by atoms with van der Waals surface area (Å²) in [6.07, 6.45) is 0. The van der Waals surface area contributed by atoms with Gasteiger partial charge in [-0.1, -0.05) is 153 Å². The van der Waals surface area contributed by atoms with Crippen molar-refractivity contribution in [1.82, 2.24) is 0 Å². The van der Waals surface area contributed by atoms with E-state index in [1.807, 2.05) is 0 Å². The Hall–Kier alpha value is -6.64. The lowest BCUT2D eigenvalue weighted by Gasteiger charge is -2.49. The Morgan fingerprint density at radius 2 is 0.852 bits per heavy atom. The first-order chi connectivity index (χ1) is 26.5. The molecular weight excluding hydrogens is 655 g/mol. The summed E-state index contributed by atoms with van der Waals surface area (Å²) >= 11 is 0. The summed E-state index contributed by atoms with van der Waals surface area (Å²) in [5, 5.41) is 0. The normalized spacial score (nSPS) is 14.9. The second-order valence-electron chi connectivity index (χ2n) is 15.3. The summed E-state index contributed by atoms with van der Waals surface area (Å²) < 4.78 is 6.77.